The number of nitrogens with two attached hydrogens (primary N) is 1. The van der Waals surface area contributed by atoms with Crippen molar-refractivity contribution in [3.63, 3.8) is 0 Å². The average Bonchev–Trinajstić information content (AvgIpc) is 2.45. The normalized spacial score (nSPS) is 10.8. The third-order valence-electron chi connectivity index (χ3n) is 3.04. The number of nitrogens with zero attached hydrogens (tertiary/aromatic N) is 1. The highest BCUT2D eigenvalue weighted by Gasteiger charge is 2.05. The van der Waals surface area contributed by atoms with E-state index >= 15 is 0 Å². The quantitative estimate of drug-likeness (QED) is 0.777. The van der Waals surface area contributed by atoms with Crippen molar-refractivity contribution in [3.8, 4) is 0 Å². The number of hydrogen-bond acceptors (Lipinski definition) is 4. The molecule has 106 valence electrons. The summed E-state index contributed by atoms with van der Waals surface area (Å²) in [7, 11) is 0. The molecule has 0 aliphatic heterocycles. The zero-order chi connectivity index (χ0) is 14.5. The second kappa shape index (κ2) is 6.34. The molecule has 0 saturated carbocycles. The lowest BCUT2D eigenvalue weighted by atomic mass is 10.1. The average molecular weight is 272 g/mol. The summed E-state index contributed by atoms with van der Waals surface area (Å²) in [5, 5.41) is 3.17. The predicted molar refractivity (Wildman–Crippen MR) is 80.6 cm³/mol. The van der Waals surface area contributed by atoms with Gasteiger partial charge in [0.05, 0.1) is 0 Å². The Hall–Kier alpha value is -2.14. The first kappa shape index (κ1) is 14.3. The lowest BCUT2D eigenvalue weighted by Crippen LogP contribution is -2.14. The Morgan fingerprint density at radius 3 is 2.50 bits per heavy atom. The van der Waals surface area contributed by atoms with Crippen LogP contribution < -0.4 is 16.6 Å². The maximum Gasteiger partial charge on any atom is 0.252 e. The number of aromatic nitrogens is 2. The Labute approximate surface area is 118 Å². The van der Waals surface area contributed by atoms with Crippen molar-refractivity contribution in [3.05, 3.63) is 57.6 Å². The van der Waals surface area contributed by atoms with Crippen LogP contribution in [0.2, 0.25) is 0 Å². The number of hydrogen-bond donors (Lipinski definition) is 3. The summed E-state index contributed by atoms with van der Waals surface area (Å²) in [6, 6.07) is 9.52. The highest BCUT2D eigenvalue weighted by molar-refractivity contribution is 5.35. The van der Waals surface area contributed by atoms with Crippen molar-refractivity contribution < 1.29 is 0 Å². The van der Waals surface area contributed by atoms with E-state index in [1.165, 1.54) is 6.07 Å². The van der Waals surface area contributed by atoms with Gasteiger partial charge in [-0.05, 0) is 11.1 Å². The van der Waals surface area contributed by atoms with Crippen LogP contribution in [0.4, 0.5) is 5.82 Å². The minimum atomic E-state index is -0.135. The lowest BCUT2D eigenvalue weighted by molar-refractivity contribution is 0.766. The Balaban J connectivity index is 2.08. The summed E-state index contributed by atoms with van der Waals surface area (Å²) >= 11 is 0. The molecule has 5 heteroatoms. The number of anilines is 1. The molecule has 1 aromatic carbocycles. The molecule has 0 saturated heterocycles. The van der Waals surface area contributed by atoms with E-state index in [1.54, 1.807) is 0 Å². The molecule has 0 fully saturated rings. The van der Waals surface area contributed by atoms with Crippen LogP contribution in [-0.2, 0) is 13.1 Å². The van der Waals surface area contributed by atoms with Gasteiger partial charge >= 0.3 is 0 Å². The molecule has 0 unspecified atom stereocenters. The summed E-state index contributed by atoms with van der Waals surface area (Å²) in [6.45, 7) is 5.15. The highest BCUT2D eigenvalue weighted by Crippen LogP contribution is 2.10. The van der Waals surface area contributed by atoms with E-state index in [1.807, 2.05) is 38.1 Å². The fourth-order valence-electron chi connectivity index (χ4n) is 1.83. The van der Waals surface area contributed by atoms with Gasteiger partial charge in [-0.1, -0.05) is 38.1 Å². The molecule has 2 aromatic rings. The fourth-order valence-corrected chi connectivity index (χ4v) is 1.83. The third-order valence-corrected chi connectivity index (χ3v) is 3.04. The Morgan fingerprint density at radius 1 is 1.25 bits per heavy atom. The summed E-state index contributed by atoms with van der Waals surface area (Å²) in [4.78, 5) is 18.7. The molecule has 0 amide bonds. The third kappa shape index (κ3) is 3.68. The molecule has 1 heterocycles. The topological polar surface area (TPSA) is 83.8 Å². The Kier molecular flexibility index (Phi) is 4.53. The minimum absolute atomic E-state index is 0.135. The van der Waals surface area contributed by atoms with Gasteiger partial charge in [-0.15, -0.1) is 0 Å². The molecule has 0 spiro atoms. The molecule has 20 heavy (non-hydrogen) atoms. The van der Waals surface area contributed by atoms with Crippen molar-refractivity contribution in [2.24, 2.45) is 5.73 Å². The summed E-state index contributed by atoms with van der Waals surface area (Å²) in [5.74, 6) is 1.48. The van der Waals surface area contributed by atoms with Gasteiger partial charge in [0.1, 0.15) is 11.6 Å². The molecular formula is C15H20N4O. The molecule has 2 rings (SSSR count). The van der Waals surface area contributed by atoms with Crippen LogP contribution in [0.1, 0.15) is 36.7 Å². The van der Waals surface area contributed by atoms with E-state index in [2.05, 4.69) is 15.3 Å². The standard InChI is InChI=1S/C15H20N4O/c1-10(2)15-18-13(7-14(20)19-15)17-9-12-5-3-11(8-16)4-6-12/h3-7,10H,8-9,16H2,1-2H3,(H2,17,18,19,20). The van der Waals surface area contributed by atoms with Gasteiger partial charge in [0.15, 0.2) is 0 Å². The number of rotatable bonds is 5. The van der Waals surface area contributed by atoms with Gasteiger partial charge in [0.25, 0.3) is 5.56 Å². The Morgan fingerprint density at radius 2 is 1.90 bits per heavy atom. The van der Waals surface area contributed by atoms with E-state index in [9.17, 15) is 4.79 Å². The van der Waals surface area contributed by atoms with Crippen LogP contribution in [0.15, 0.2) is 35.1 Å². The van der Waals surface area contributed by atoms with Gasteiger partial charge < -0.3 is 16.0 Å². The van der Waals surface area contributed by atoms with Crippen LogP contribution in [-0.4, -0.2) is 9.97 Å². The van der Waals surface area contributed by atoms with Crippen LogP contribution in [0.3, 0.4) is 0 Å². The van der Waals surface area contributed by atoms with Gasteiger partial charge in [0.2, 0.25) is 0 Å². The second-order valence-electron chi connectivity index (χ2n) is 5.04. The molecular weight excluding hydrogens is 252 g/mol. The van der Waals surface area contributed by atoms with Crippen molar-refractivity contribution in [1.82, 2.24) is 9.97 Å². The van der Waals surface area contributed by atoms with Gasteiger partial charge in [-0.2, -0.15) is 0 Å². The first-order chi connectivity index (χ1) is 9.58. The molecule has 0 radical (unpaired) electrons. The number of H-pyrrole nitrogens is 1. The van der Waals surface area contributed by atoms with E-state index in [0.717, 1.165) is 11.1 Å². The summed E-state index contributed by atoms with van der Waals surface area (Å²) < 4.78 is 0. The zero-order valence-corrected chi connectivity index (χ0v) is 11.8. The molecule has 5 nitrogen and oxygen atoms in total. The van der Waals surface area contributed by atoms with Crippen molar-refractivity contribution in [2.75, 3.05) is 5.32 Å². The van der Waals surface area contributed by atoms with Gasteiger partial charge in [0, 0.05) is 25.1 Å². The maximum absolute atomic E-state index is 11.6. The summed E-state index contributed by atoms with van der Waals surface area (Å²) in [5.41, 5.74) is 7.65. The number of aromatic amines is 1. The zero-order valence-electron chi connectivity index (χ0n) is 11.8. The molecule has 0 aliphatic rings. The van der Waals surface area contributed by atoms with Gasteiger partial charge in [-0.25, -0.2) is 4.98 Å². The largest absolute Gasteiger partial charge is 0.366 e. The monoisotopic (exact) mass is 272 g/mol. The van der Waals surface area contributed by atoms with Crippen molar-refractivity contribution in [2.45, 2.75) is 32.9 Å². The van der Waals surface area contributed by atoms with Crippen LogP contribution >= 0.6 is 0 Å². The van der Waals surface area contributed by atoms with E-state index in [4.69, 9.17) is 5.73 Å². The van der Waals surface area contributed by atoms with Crippen molar-refractivity contribution in [1.29, 1.82) is 0 Å². The SMILES string of the molecule is CC(C)c1nc(NCc2ccc(CN)cc2)cc(=O)[nH]1. The first-order valence-electron chi connectivity index (χ1n) is 6.71. The predicted octanol–water partition coefficient (Wildman–Crippen LogP) is 1.96. The minimum Gasteiger partial charge on any atom is -0.366 e. The van der Waals surface area contributed by atoms with Crippen LogP contribution in [0.25, 0.3) is 0 Å². The van der Waals surface area contributed by atoms with Gasteiger partial charge in [-0.3, -0.25) is 4.79 Å². The maximum atomic E-state index is 11.6. The smallest absolute Gasteiger partial charge is 0.252 e. The number of nitrogens with one attached hydrogen (secondary N) is 2. The lowest BCUT2D eigenvalue weighted by Gasteiger charge is -2.09. The number of benzene rings is 1. The summed E-state index contributed by atoms with van der Waals surface area (Å²) in [6.07, 6.45) is 0. The Bertz CT molecular complexity index is 617. The molecule has 0 aliphatic carbocycles. The molecule has 1 aromatic heterocycles. The van der Waals surface area contributed by atoms with E-state index in [0.29, 0.717) is 24.7 Å². The molecule has 0 atom stereocenters. The van der Waals surface area contributed by atoms with Crippen molar-refractivity contribution >= 4 is 5.82 Å². The highest BCUT2D eigenvalue weighted by atomic mass is 16.1. The van der Waals surface area contributed by atoms with E-state index < -0.39 is 0 Å². The fraction of sp³-hybridized carbons (Fsp3) is 0.333. The second-order valence-corrected chi connectivity index (χ2v) is 5.04. The first-order valence-corrected chi connectivity index (χ1v) is 6.71. The molecule has 0 bridgehead atoms. The molecule has 4 N–H and O–H groups in total. The van der Waals surface area contributed by atoms with E-state index in [-0.39, 0.29) is 11.5 Å². The van der Waals surface area contributed by atoms with Crippen LogP contribution in [0.5, 0.6) is 0 Å². The van der Waals surface area contributed by atoms with Crippen LogP contribution in [0, 0.1) is 0 Å².